The molecule has 6 heteroatoms. The maximum Gasteiger partial charge on any atom is 0.112 e. The van der Waals surface area contributed by atoms with Crippen LogP contribution < -0.4 is 5.32 Å². The first-order valence-electron chi connectivity index (χ1n) is 5.08. The molecule has 2 heterocycles. The van der Waals surface area contributed by atoms with Crippen molar-refractivity contribution >= 4 is 50.2 Å². The Bertz CT molecular complexity index is 474. The molecule has 0 atom stereocenters. The summed E-state index contributed by atoms with van der Waals surface area (Å²) in [5, 5.41) is 6.59. The van der Waals surface area contributed by atoms with E-state index in [2.05, 4.69) is 46.1 Å². The van der Waals surface area contributed by atoms with Gasteiger partial charge in [-0.15, -0.1) is 22.7 Å². The molecule has 0 saturated heterocycles. The van der Waals surface area contributed by atoms with Crippen LogP contribution in [0.5, 0.6) is 0 Å². The Morgan fingerprint density at radius 3 is 2.82 bits per heavy atom. The number of halogens is 2. The summed E-state index contributed by atoms with van der Waals surface area (Å²) in [6.07, 6.45) is 1.84. The third-order valence-corrected chi connectivity index (χ3v) is 5.94. The second-order valence-electron chi connectivity index (χ2n) is 4.15. The van der Waals surface area contributed by atoms with Gasteiger partial charge in [0.2, 0.25) is 0 Å². The zero-order valence-electron chi connectivity index (χ0n) is 9.46. The summed E-state index contributed by atoms with van der Waals surface area (Å²) < 4.78 is 1.77. The minimum atomic E-state index is -0.114. The number of rotatable bonds is 4. The molecule has 2 aromatic heterocycles. The fourth-order valence-corrected chi connectivity index (χ4v) is 3.86. The first-order valence-corrected chi connectivity index (χ1v) is 7.94. The van der Waals surface area contributed by atoms with Crippen molar-refractivity contribution in [3.8, 4) is 0 Å². The Kier molecular flexibility index (Phi) is 4.26. The van der Waals surface area contributed by atoms with Crippen LogP contribution in [0.3, 0.4) is 0 Å². The van der Waals surface area contributed by atoms with E-state index in [1.807, 2.05) is 11.6 Å². The number of nitrogens with zero attached hydrogens (tertiary/aromatic N) is 1. The van der Waals surface area contributed by atoms with Crippen LogP contribution in [0, 0.1) is 0 Å². The van der Waals surface area contributed by atoms with Crippen molar-refractivity contribution in [2.24, 2.45) is 0 Å². The van der Waals surface area contributed by atoms with Crippen molar-refractivity contribution in [3.05, 3.63) is 36.3 Å². The predicted molar refractivity (Wildman–Crippen MR) is 79.0 cm³/mol. The lowest BCUT2D eigenvalue weighted by molar-refractivity contribution is 0.401. The monoisotopic (exact) mass is 350 g/mol. The molecule has 0 bridgehead atoms. The SMILES string of the molecule is CC(C)(NCc1cc(Br)c(Cl)s1)c1nccs1. The average Bonchev–Trinajstić information content (AvgIpc) is 2.87. The van der Waals surface area contributed by atoms with Gasteiger partial charge >= 0.3 is 0 Å². The molecule has 2 nitrogen and oxygen atoms in total. The maximum atomic E-state index is 6.01. The highest BCUT2D eigenvalue weighted by Crippen LogP contribution is 2.32. The zero-order valence-corrected chi connectivity index (χ0v) is 13.4. The smallest absolute Gasteiger partial charge is 0.112 e. The molecule has 0 fully saturated rings. The molecule has 0 aliphatic heterocycles. The summed E-state index contributed by atoms with van der Waals surface area (Å²) in [4.78, 5) is 5.56. The van der Waals surface area contributed by atoms with Crippen molar-refractivity contribution in [2.45, 2.75) is 25.9 Å². The molecule has 2 aromatic rings. The van der Waals surface area contributed by atoms with Crippen LogP contribution in [0.25, 0.3) is 0 Å². The molecule has 0 aliphatic rings. The summed E-state index contributed by atoms with van der Waals surface area (Å²) in [5.74, 6) is 0. The number of aromatic nitrogens is 1. The highest BCUT2D eigenvalue weighted by atomic mass is 79.9. The molecule has 0 aliphatic carbocycles. The third kappa shape index (κ3) is 3.29. The normalized spacial score (nSPS) is 12.0. The van der Waals surface area contributed by atoms with Gasteiger partial charge in [0.25, 0.3) is 0 Å². The fraction of sp³-hybridized carbons (Fsp3) is 0.364. The lowest BCUT2D eigenvalue weighted by Gasteiger charge is -2.23. The van der Waals surface area contributed by atoms with E-state index >= 15 is 0 Å². The molecule has 0 amide bonds. The van der Waals surface area contributed by atoms with E-state index in [-0.39, 0.29) is 5.54 Å². The van der Waals surface area contributed by atoms with Crippen LogP contribution in [0.15, 0.2) is 22.1 Å². The Morgan fingerprint density at radius 1 is 1.53 bits per heavy atom. The molecule has 0 unspecified atom stereocenters. The Balaban J connectivity index is 2.02. The van der Waals surface area contributed by atoms with E-state index in [0.29, 0.717) is 0 Å². The van der Waals surface area contributed by atoms with Crippen molar-refractivity contribution in [1.82, 2.24) is 10.3 Å². The quantitative estimate of drug-likeness (QED) is 0.867. The molecular weight excluding hydrogens is 340 g/mol. The van der Waals surface area contributed by atoms with Crippen LogP contribution in [0.1, 0.15) is 23.7 Å². The van der Waals surface area contributed by atoms with Gasteiger partial charge in [0.1, 0.15) is 9.34 Å². The molecule has 0 saturated carbocycles. The largest absolute Gasteiger partial charge is 0.301 e. The average molecular weight is 352 g/mol. The van der Waals surface area contributed by atoms with Crippen LogP contribution in [-0.4, -0.2) is 4.98 Å². The van der Waals surface area contributed by atoms with E-state index in [9.17, 15) is 0 Å². The summed E-state index contributed by atoms with van der Waals surface area (Å²) >= 11 is 12.7. The van der Waals surface area contributed by atoms with Crippen molar-refractivity contribution in [3.63, 3.8) is 0 Å². The number of hydrogen-bond donors (Lipinski definition) is 1. The van der Waals surface area contributed by atoms with Gasteiger partial charge in [0.05, 0.1) is 5.54 Å². The highest BCUT2D eigenvalue weighted by molar-refractivity contribution is 9.10. The van der Waals surface area contributed by atoms with Gasteiger partial charge < -0.3 is 5.32 Å². The minimum absolute atomic E-state index is 0.114. The van der Waals surface area contributed by atoms with E-state index in [4.69, 9.17) is 11.6 Å². The van der Waals surface area contributed by atoms with Crippen LogP contribution in [-0.2, 0) is 12.1 Å². The van der Waals surface area contributed by atoms with E-state index in [0.717, 1.165) is 20.4 Å². The first kappa shape index (κ1) is 13.5. The molecule has 2 rings (SSSR count). The lowest BCUT2D eigenvalue weighted by atomic mass is 10.1. The Hall–Kier alpha value is 0.0600. The van der Waals surface area contributed by atoms with Gasteiger partial charge in [-0.3, -0.25) is 0 Å². The van der Waals surface area contributed by atoms with Crippen LogP contribution in [0.4, 0.5) is 0 Å². The molecule has 17 heavy (non-hydrogen) atoms. The highest BCUT2D eigenvalue weighted by Gasteiger charge is 2.22. The van der Waals surface area contributed by atoms with E-state index < -0.39 is 0 Å². The topological polar surface area (TPSA) is 24.9 Å². The standard InChI is InChI=1S/C11H12BrClN2S2/c1-11(2,10-14-3-4-16-10)15-6-7-5-8(12)9(13)17-7/h3-5,15H,6H2,1-2H3. The van der Waals surface area contributed by atoms with Gasteiger partial charge in [-0.2, -0.15) is 0 Å². The van der Waals surface area contributed by atoms with Crippen molar-refractivity contribution in [1.29, 1.82) is 0 Å². The lowest BCUT2D eigenvalue weighted by Crippen LogP contribution is -2.35. The second-order valence-corrected chi connectivity index (χ2v) is 7.64. The number of thiophene rings is 1. The Labute approximate surface area is 122 Å². The van der Waals surface area contributed by atoms with Gasteiger partial charge in [-0.05, 0) is 35.8 Å². The van der Waals surface area contributed by atoms with Gasteiger partial charge in [-0.1, -0.05) is 11.6 Å². The Morgan fingerprint density at radius 2 is 2.29 bits per heavy atom. The molecule has 92 valence electrons. The fourth-order valence-electron chi connectivity index (χ4n) is 1.39. The van der Waals surface area contributed by atoms with Crippen molar-refractivity contribution in [2.75, 3.05) is 0 Å². The molecular formula is C11H12BrClN2S2. The van der Waals surface area contributed by atoms with Gasteiger partial charge in [0.15, 0.2) is 0 Å². The van der Waals surface area contributed by atoms with Crippen LogP contribution >= 0.6 is 50.2 Å². The van der Waals surface area contributed by atoms with Crippen molar-refractivity contribution < 1.29 is 0 Å². The molecule has 1 N–H and O–H groups in total. The molecule has 0 spiro atoms. The predicted octanol–water partition coefficient (Wildman–Crippen LogP) is 4.65. The number of thiazole rings is 1. The van der Waals surface area contributed by atoms with Gasteiger partial charge in [-0.25, -0.2) is 4.98 Å². The number of nitrogens with one attached hydrogen (secondary N) is 1. The third-order valence-electron chi connectivity index (χ3n) is 2.37. The maximum absolute atomic E-state index is 6.01. The van der Waals surface area contributed by atoms with E-state index in [1.165, 1.54) is 4.88 Å². The second kappa shape index (κ2) is 5.36. The first-order chi connectivity index (χ1) is 7.99. The molecule has 0 aromatic carbocycles. The summed E-state index contributed by atoms with van der Waals surface area (Å²) in [6.45, 7) is 5.06. The summed E-state index contributed by atoms with van der Waals surface area (Å²) in [7, 11) is 0. The van der Waals surface area contributed by atoms with E-state index in [1.54, 1.807) is 22.7 Å². The molecule has 0 radical (unpaired) electrons. The minimum Gasteiger partial charge on any atom is -0.301 e. The van der Waals surface area contributed by atoms with Crippen LogP contribution in [0.2, 0.25) is 4.34 Å². The summed E-state index contributed by atoms with van der Waals surface area (Å²) in [6, 6.07) is 2.05. The van der Waals surface area contributed by atoms with Gasteiger partial charge in [0, 0.05) is 27.5 Å². The zero-order chi connectivity index (χ0) is 12.5. The summed E-state index contributed by atoms with van der Waals surface area (Å²) in [5.41, 5.74) is -0.114. The number of hydrogen-bond acceptors (Lipinski definition) is 4.